The molecule has 0 heterocycles. The molecule has 0 saturated carbocycles. The van der Waals surface area contributed by atoms with Crippen molar-refractivity contribution in [2.45, 2.75) is 43.9 Å². The zero-order valence-corrected chi connectivity index (χ0v) is 32.8. The van der Waals surface area contributed by atoms with E-state index >= 15 is 0 Å². The van der Waals surface area contributed by atoms with Gasteiger partial charge < -0.3 is 4.74 Å². The van der Waals surface area contributed by atoms with Crippen molar-refractivity contribution in [3.63, 3.8) is 0 Å². The Hall–Kier alpha value is -4.77. The maximum absolute atomic E-state index is 6.14. The standard InChI is InChI=1S/C51H44O.HI/c1-35-28-31-48-50(49(35)45-25-13-10-17-38(45)32-37-19-15-26-46-43-24-12-9-16-36(43)29-30-44(37)46)40(34-52-2)33-39-18-11-14-27-47(39)51(48,41-20-5-3-6-21-41)42-22-7-4-8-23-42;/h3-14,16-18,20-31,40H,15,19,32-34H2,1-2H3;1H. The quantitative estimate of drug-likeness (QED) is 0.146. The lowest BCUT2D eigenvalue weighted by Crippen LogP contribution is -2.32. The van der Waals surface area contributed by atoms with Crippen LogP contribution in [0.25, 0.3) is 33.5 Å². The summed E-state index contributed by atoms with van der Waals surface area (Å²) >= 11 is 0. The Labute approximate surface area is 330 Å². The van der Waals surface area contributed by atoms with E-state index in [0.29, 0.717) is 6.61 Å². The zero-order valence-electron chi connectivity index (χ0n) is 30.5. The lowest BCUT2D eigenvalue weighted by Gasteiger charge is -2.39. The third-order valence-corrected chi connectivity index (χ3v) is 11.8. The summed E-state index contributed by atoms with van der Waals surface area (Å²) in [6.45, 7) is 2.96. The van der Waals surface area contributed by atoms with E-state index in [-0.39, 0.29) is 29.9 Å². The fourth-order valence-electron chi connectivity index (χ4n) is 9.60. The number of halogens is 1. The number of hydrogen-bond donors (Lipinski definition) is 0. The molecule has 53 heavy (non-hydrogen) atoms. The molecule has 7 aromatic rings. The molecule has 9 rings (SSSR count). The van der Waals surface area contributed by atoms with Gasteiger partial charge in [0.05, 0.1) is 12.0 Å². The van der Waals surface area contributed by atoms with Crippen LogP contribution in [0.5, 0.6) is 0 Å². The highest BCUT2D eigenvalue weighted by Crippen LogP contribution is 2.54. The Balaban J connectivity index is 0.00000400. The highest BCUT2D eigenvalue weighted by Gasteiger charge is 2.45. The molecule has 1 unspecified atom stereocenters. The first kappa shape index (κ1) is 35.3. The van der Waals surface area contributed by atoms with Crippen molar-refractivity contribution >= 4 is 46.4 Å². The summed E-state index contributed by atoms with van der Waals surface area (Å²) in [6, 6.07) is 59.1. The van der Waals surface area contributed by atoms with Crippen molar-refractivity contribution in [3.05, 3.63) is 213 Å². The molecule has 0 N–H and O–H groups in total. The van der Waals surface area contributed by atoms with Crippen molar-refractivity contribution in [3.8, 4) is 11.1 Å². The molecular weight excluding hydrogens is 755 g/mol. The second-order valence-electron chi connectivity index (χ2n) is 14.6. The molecule has 0 aliphatic heterocycles. The van der Waals surface area contributed by atoms with Crippen LogP contribution in [0.1, 0.15) is 63.3 Å². The molecule has 2 heteroatoms. The van der Waals surface area contributed by atoms with Crippen LogP contribution in [0, 0.1) is 6.92 Å². The molecule has 0 saturated heterocycles. The molecule has 0 amide bonds. The minimum atomic E-state index is -0.512. The fourth-order valence-corrected chi connectivity index (χ4v) is 9.60. The minimum Gasteiger partial charge on any atom is -0.384 e. The predicted molar refractivity (Wildman–Crippen MR) is 233 cm³/mol. The molecule has 262 valence electrons. The summed E-state index contributed by atoms with van der Waals surface area (Å²) < 4.78 is 6.14. The molecule has 2 aliphatic carbocycles. The molecule has 1 nitrogen and oxygen atoms in total. The normalized spacial score (nSPS) is 15.7. The Bertz CT molecular complexity index is 2510. The fraction of sp³-hybridized carbons (Fsp3) is 0.176. The zero-order chi connectivity index (χ0) is 35.1. The van der Waals surface area contributed by atoms with Crippen molar-refractivity contribution in [1.29, 1.82) is 0 Å². The first-order valence-corrected chi connectivity index (χ1v) is 18.8. The molecule has 0 bridgehead atoms. The Kier molecular flexibility index (Phi) is 9.93. The Morgan fingerprint density at radius 3 is 2.11 bits per heavy atom. The summed E-state index contributed by atoms with van der Waals surface area (Å²) in [7, 11) is 1.86. The van der Waals surface area contributed by atoms with Crippen LogP contribution in [-0.2, 0) is 23.0 Å². The van der Waals surface area contributed by atoms with E-state index in [2.05, 4.69) is 171 Å². The number of benzene rings is 7. The van der Waals surface area contributed by atoms with Crippen LogP contribution in [-0.4, -0.2) is 13.7 Å². The van der Waals surface area contributed by atoms with Crippen LogP contribution in [0.15, 0.2) is 158 Å². The lowest BCUT2D eigenvalue weighted by atomic mass is 9.63. The summed E-state index contributed by atoms with van der Waals surface area (Å²) in [5.74, 6) is 0.169. The predicted octanol–water partition coefficient (Wildman–Crippen LogP) is 11.1. The second-order valence-corrected chi connectivity index (χ2v) is 14.6. The maximum Gasteiger partial charge on any atom is 0.0707 e. The summed E-state index contributed by atoms with van der Waals surface area (Å²) in [4.78, 5) is 0. The Morgan fingerprint density at radius 1 is 0.660 bits per heavy atom. The third-order valence-electron chi connectivity index (χ3n) is 11.8. The van der Waals surface area contributed by atoms with Crippen LogP contribution in [0.2, 0.25) is 0 Å². The number of aryl methyl sites for hydroxylation is 1. The third kappa shape index (κ3) is 5.97. The molecule has 0 fully saturated rings. The number of methoxy groups -OCH3 is 1. The van der Waals surface area contributed by atoms with Gasteiger partial charge in [0.1, 0.15) is 0 Å². The van der Waals surface area contributed by atoms with E-state index in [0.717, 1.165) is 25.7 Å². The molecule has 0 aromatic heterocycles. The first-order chi connectivity index (χ1) is 25.7. The molecule has 0 radical (unpaired) electrons. The van der Waals surface area contributed by atoms with Gasteiger partial charge in [-0.25, -0.2) is 0 Å². The van der Waals surface area contributed by atoms with E-state index in [1.807, 2.05) is 7.11 Å². The van der Waals surface area contributed by atoms with Crippen LogP contribution in [0.4, 0.5) is 0 Å². The van der Waals surface area contributed by atoms with Gasteiger partial charge in [0.15, 0.2) is 0 Å². The second kappa shape index (κ2) is 14.9. The largest absolute Gasteiger partial charge is 0.384 e. The molecule has 1 atom stereocenters. The Morgan fingerprint density at radius 2 is 1.34 bits per heavy atom. The van der Waals surface area contributed by atoms with Crippen LogP contribution in [0.3, 0.4) is 0 Å². The van der Waals surface area contributed by atoms with Gasteiger partial charge in [0.25, 0.3) is 0 Å². The maximum atomic E-state index is 6.14. The molecule has 0 spiro atoms. The molecule has 2 aliphatic rings. The number of ether oxygens (including phenoxy) is 1. The van der Waals surface area contributed by atoms with Gasteiger partial charge in [-0.2, -0.15) is 0 Å². The molecular formula is C51H45IO. The van der Waals surface area contributed by atoms with Crippen LogP contribution < -0.4 is 10.4 Å². The van der Waals surface area contributed by atoms with Gasteiger partial charge in [-0.15, -0.1) is 24.0 Å². The highest BCUT2D eigenvalue weighted by molar-refractivity contribution is 14.0. The van der Waals surface area contributed by atoms with Gasteiger partial charge in [-0.1, -0.05) is 169 Å². The first-order valence-electron chi connectivity index (χ1n) is 18.8. The minimum absolute atomic E-state index is 0. The number of fused-ring (bicyclic) bond motifs is 5. The van der Waals surface area contributed by atoms with E-state index in [1.54, 1.807) is 0 Å². The van der Waals surface area contributed by atoms with Gasteiger partial charge >= 0.3 is 0 Å². The summed E-state index contributed by atoms with van der Waals surface area (Å²) in [5.41, 5.74) is 14.5. The summed E-state index contributed by atoms with van der Waals surface area (Å²) in [6.07, 6.45) is 6.44. The van der Waals surface area contributed by atoms with Gasteiger partial charge in [-0.05, 0) is 109 Å². The van der Waals surface area contributed by atoms with Crippen LogP contribution >= 0.6 is 24.0 Å². The molecule has 7 aromatic carbocycles. The van der Waals surface area contributed by atoms with E-state index in [9.17, 15) is 0 Å². The van der Waals surface area contributed by atoms with E-state index < -0.39 is 5.41 Å². The van der Waals surface area contributed by atoms with E-state index in [4.69, 9.17) is 4.74 Å². The topological polar surface area (TPSA) is 9.23 Å². The van der Waals surface area contributed by atoms with Crippen molar-refractivity contribution in [2.75, 3.05) is 13.7 Å². The monoisotopic (exact) mass is 800 g/mol. The average Bonchev–Trinajstić information content (AvgIpc) is 3.32. The van der Waals surface area contributed by atoms with Gasteiger partial charge in [-0.3, -0.25) is 0 Å². The lowest BCUT2D eigenvalue weighted by molar-refractivity contribution is 0.179. The number of rotatable bonds is 7. The highest BCUT2D eigenvalue weighted by atomic mass is 127. The van der Waals surface area contributed by atoms with Gasteiger partial charge in [0, 0.05) is 13.0 Å². The van der Waals surface area contributed by atoms with E-state index in [1.165, 1.54) is 82.4 Å². The van der Waals surface area contributed by atoms with Gasteiger partial charge in [0.2, 0.25) is 0 Å². The van der Waals surface area contributed by atoms with Crippen molar-refractivity contribution in [2.24, 2.45) is 0 Å². The number of hydrogen-bond acceptors (Lipinski definition) is 1. The van der Waals surface area contributed by atoms with Crippen molar-refractivity contribution < 1.29 is 4.74 Å². The van der Waals surface area contributed by atoms with Crippen molar-refractivity contribution in [1.82, 2.24) is 0 Å². The SMILES string of the molecule is COCC1Cc2ccccc2C(c2ccccc2)(c2ccccc2)c2ccc(C)c(-c3ccccc3CC3=c4ccc5ccccc5c4=CCC3)c21.I. The average molecular weight is 801 g/mol. The summed E-state index contributed by atoms with van der Waals surface area (Å²) in [5, 5.41) is 5.47. The smallest absolute Gasteiger partial charge is 0.0707 e.